The SMILES string of the molecule is Cc1ccc(C(F)(F)F)c2c(=O)[nH]c(CSC3CCC(O)CC3)nc12.Cc1ccc(C(F)(F)F)c2c(=O)[nH]c(CSC3CCC(O)CC3)nc12. The maximum atomic E-state index is 13.1. The van der Waals surface area contributed by atoms with E-state index in [-0.39, 0.29) is 23.2 Å². The number of nitrogens with one attached hydrogen (secondary N) is 2. The molecule has 6 rings (SSSR count). The van der Waals surface area contributed by atoms with Crippen LogP contribution in [0.15, 0.2) is 33.9 Å². The van der Waals surface area contributed by atoms with Crippen molar-refractivity contribution in [1.29, 1.82) is 0 Å². The summed E-state index contributed by atoms with van der Waals surface area (Å²) < 4.78 is 78.9. The van der Waals surface area contributed by atoms with Crippen LogP contribution in [0, 0.1) is 13.8 Å². The molecular formula is C34H38F6N4O4S2. The molecule has 2 saturated carbocycles. The number of alkyl halides is 6. The van der Waals surface area contributed by atoms with Crippen molar-refractivity contribution >= 4 is 45.3 Å². The minimum absolute atomic E-state index is 0.105. The zero-order valence-electron chi connectivity index (χ0n) is 27.4. The fourth-order valence-electron chi connectivity index (χ4n) is 6.28. The van der Waals surface area contributed by atoms with E-state index in [1.165, 1.54) is 12.1 Å². The Labute approximate surface area is 291 Å². The number of benzene rings is 2. The number of aliphatic hydroxyl groups is 2. The molecule has 50 heavy (non-hydrogen) atoms. The molecule has 4 aromatic rings. The molecule has 0 unspecified atom stereocenters. The average Bonchev–Trinajstić information content (AvgIpc) is 3.04. The van der Waals surface area contributed by atoms with Crippen molar-refractivity contribution in [3.63, 3.8) is 0 Å². The lowest BCUT2D eigenvalue weighted by Gasteiger charge is -2.24. The minimum Gasteiger partial charge on any atom is -0.393 e. The maximum absolute atomic E-state index is 13.1. The second-order valence-electron chi connectivity index (χ2n) is 12.8. The number of thioether (sulfide) groups is 2. The Hall–Kier alpha value is -3.08. The fraction of sp³-hybridized carbons (Fsp3) is 0.529. The molecule has 0 saturated heterocycles. The summed E-state index contributed by atoms with van der Waals surface area (Å²) in [5.74, 6) is 1.63. The molecule has 2 fully saturated rings. The zero-order valence-corrected chi connectivity index (χ0v) is 29.0. The molecule has 0 aliphatic heterocycles. The van der Waals surface area contributed by atoms with Gasteiger partial charge in [-0.25, -0.2) is 9.97 Å². The van der Waals surface area contributed by atoms with E-state index in [0.29, 0.717) is 44.8 Å². The van der Waals surface area contributed by atoms with Crippen molar-refractivity contribution in [2.75, 3.05) is 0 Å². The lowest BCUT2D eigenvalue weighted by Crippen LogP contribution is -2.21. The highest BCUT2D eigenvalue weighted by molar-refractivity contribution is 7.99. The topological polar surface area (TPSA) is 132 Å². The van der Waals surface area contributed by atoms with Gasteiger partial charge in [-0.2, -0.15) is 49.9 Å². The van der Waals surface area contributed by atoms with E-state index in [1.54, 1.807) is 37.4 Å². The van der Waals surface area contributed by atoms with Gasteiger partial charge < -0.3 is 20.2 Å². The molecule has 2 aliphatic rings. The summed E-state index contributed by atoms with van der Waals surface area (Å²) in [5, 5.41) is 19.0. The number of fused-ring (bicyclic) bond motifs is 2. The first-order valence-electron chi connectivity index (χ1n) is 16.3. The molecule has 2 aromatic carbocycles. The number of nitrogens with zero attached hydrogens (tertiary/aromatic N) is 2. The number of aromatic amines is 2. The number of hydrogen-bond donors (Lipinski definition) is 4. The van der Waals surface area contributed by atoms with Crippen LogP contribution < -0.4 is 11.1 Å². The first-order valence-corrected chi connectivity index (χ1v) is 18.4. The number of rotatable bonds is 6. The predicted molar refractivity (Wildman–Crippen MR) is 183 cm³/mol. The highest BCUT2D eigenvalue weighted by Crippen LogP contribution is 2.36. The monoisotopic (exact) mass is 744 g/mol. The van der Waals surface area contributed by atoms with Crippen molar-refractivity contribution in [2.24, 2.45) is 0 Å². The van der Waals surface area contributed by atoms with E-state index in [1.807, 2.05) is 0 Å². The van der Waals surface area contributed by atoms with E-state index in [4.69, 9.17) is 0 Å². The van der Waals surface area contributed by atoms with Crippen molar-refractivity contribution in [1.82, 2.24) is 19.9 Å². The highest BCUT2D eigenvalue weighted by atomic mass is 32.2. The van der Waals surface area contributed by atoms with Gasteiger partial charge in [-0.15, -0.1) is 0 Å². The van der Waals surface area contributed by atoms with Gasteiger partial charge in [-0.05, 0) is 88.5 Å². The number of H-pyrrole nitrogens is 2. The van der Waals surface area contributed by atoms with Crippen LogP contribution in [0.3, 0.4) is 0 Å². The van der Waals surface area contributed by atoms with Gasteiger partial charge in [0.25, 0.3) is 11.1 Å². The minimum atomic E-state index is -4.60. The summed E-state index contributed by atoms with van der Waals surface area (Å²) in [7, 11) is 0. The lowest BCUT2D eigenvalue weighted by atomic mass is 9.97. The molecule has 0 bridgehead atoms. The number of hydrogen-bond acceptors (Lipinski definition) is 8. The molecule has 2 heterocycles. The second kappa shape index (κ2) is 15.7. The molecular weight excluding hydrogens is 707 g/mol. The van der Waals surface area contributed by atoms with Gasteiger partial charge in [0.2, 0.25) is 0 Å². The summed E-state index contributed by atoms with van der Waals surface area (Å²) in [4.78, 5) is 38.1. The van der Waals surface area contributed by atoms with Crippen LogP contribution in [0.5, 0.6) is 0 Å². The molecule has 8 nitrogen and oxygen atoms in total. The number of aliphatic hydroxyl groups excluding tert-OH is 2. The summed E-state index contributed by atoms with van der Waals surface area (Å²) in [6.07, 6.45) is -3.08. The Morgan fingerprint density at radius 1 is 0.640 bits per heavy atom. The van der Waals surface area contributed by atoms with Crippen LogP contribution in [0.2, 0.25) is 0 Å². The van der Waals surface area contributed by atoms with Crippen LogP contribution >= 0.6 is 23.5 Å². The van der Waals surface area contributed by atoms with Crippen LogP contribution in [-0.4, -0.2) is 52.9 Å². The smallest absolute Gasteiger partial charge is 0.393 e. The Balaban J connectivity index is 0.000000194. The summed E-state index contributed by atoms with van der Waals surface area (Å²) in [5.41, 5.74) is -2.13. The van der Waals surface area contributed by atoms with Gasteiger partial charge in [0.05, 0.1) is 56.6 Å². The molecule has 4 N–H and O–H groups in total. The predicted octanol–water partition coefficient (Wildman–Crippen LogP) is 7.57. The van der Waals surface area contributed by atoms with Crippen LogP contribution in [0.4, 0.5) is 26.3 Å². The fourth-order valence-corrected chi connectivity index (χ4v) is 8.55. The number of halogens is 6. The maximum Gasteiger partial charge on any atom is 0.417 e. The third-order valence-corrected chi connectivity index (χ3v) is 11.8. The Bertz CT molecular complexity index is 1790. The van der Waals surface area contributed by atoms with Crippen LogP contribution in [0.1, 0.15) is 85.3 Å². The van der Waals surface area contributed by atoms with Gasteiger partial charge in [0.1, 0.15) is 11.6 Å². The van der Waals surface area contributed by atoms with E-state index in [2.05, 4.69) is 19.9 Å². The molecule has 2 aliphatic carbocycles. The quantitative estimate of drug-likeness (QED) is 0.149. The van der Waals surface area contributed by atoms with Crippen LogP contribution in [-0.2, 0) is 23.9 Å². The summed E-state index contributed by atoms with van der Waals surface area (Å²) >= 11 is 3.24. The standard InChI is InChI=1S/2C17H19F3N2O2S/c2*1-9-2-7-12(17(18,19)20)14-15(9)21-13(22-16(14)24)8-25-11-5-3-10(23)4-6-11/h2*2,7,10-11,23H,3-6,8H2,1H3,(H,21,22,24). The first-order chi connectivity index (χ1) is 23.5. The molecule has 2 aromatic heterocycles. The van der Waals surface area contributed by atoms with Gasteiger partial charge in [-0.1, -0.05) is 12.1 Å². The molecule has 16 heteroatoms. The van der Waals surface area contributed by atoms with Crippen molar-refractivity contribution in [2.45, 2.75) is 112 Å². The number of aromatic nitrogens is 4. The summed E-state index contributed by atoms with van der Waals surface area (Å²) in [6.45, 7) is 3.29. The first kappa shape index (κ1) is 38.2. The lowest BCUT2D eigenvalue weighted by molar-refractivity contribution is -0.137. The molecule has 0 amide bonds. The zero-order chi connectivity index (χ0) is 36.4. The van der Waals surface area contributed by atoms with Crippen LogP contribution in [0.25, 0.3) is 21.8 Å². The third-order valence-electron chi connectivity index (χ3n) is 9.03. The molecule has 272 valence electrons. The Morgan fingerprint density at radius 2 is 0.980 bits per heavy atom. The average molecular weight is 745 g/mol. The van der Waals surface area contributed by atoms with E-state index in [0.717, 1.165) is 63.5 Å². The third kappa shape index (κ3) is 9.22. The van der Waals surface area contributed by atoms with Gasteiger partial charge >= 0.3 is 12.4 Å². The Morgan fingerprint density at radius 3 is 1.30 bits per heavy atom. The second-order valence-corrected chi connectivity index (χ2v) is 15.4. The molecule has 0 atom stereocenters. The van der Waals surface area contributed by atoms with Crippen molar-refractivity contribution in [3.05, 3.63) is 78.9 Å². The molecule has 0 spiro atoms. The number of aryl methyl sites for hydroxylation is 2. The van der Waals surface area contributed by atoms with Gasteiger partial charge in [0.15, 0.2) is 0 Å². The molecule has 0 radical (unpaired) electrons. The van der Waals surface area contributed by atoms with Gasteiger partial charge in [-0.3, -0.25) is 9.59 Å². The van der Waals surface area contributed by atoms with Crippen molar-refractivity contribution < 1.29 is 36.6 Å². The van der Waals surface area contributed by atoms with E-state index < -0.39 is 45.4 Å². The normalized spacial score (nSPS) is 21.6. The summed E-state index contributed by atoms with van der Waals surface area (Å²) in [6, 6.07) is 4.54. The Kier molecular flexibility index (Phi) is 12.0. The van der Waals surface area contributed by atoms with E-state index >= 15 is 0 Å². The largest absolute Gasteiger partial charge is 0.417 e. The highest BCUT2D eigenvalue weighted by Gasteiger charge is 2.35. The van der Waals surface area contributed by atoms with Crippen molar-refractivity contribution in [3.8, 4) is 0 Å². The van der Waals surface area contributed by atoms with Gasteiger partial charge in [0, 0.05) is 10.5 Å². The van der Waals surface area contributed by atoms with E-state index in [9.17, 15) is 46.1 Å².